The highest BCUT2D eigenvalue weighted by atomic mass is 16.7. The highest BCUT2D eigenvalue weighted by Gasteiger charge is 2.64. The molecule has 0 radical (unpaired) electrons. The molecule has 22 atom stereocenters. The molecule has 3 aliphatic heterocycles. The van der Waals surface area contributed by atoms with E-state index in [0.29, 0.717) is 24.7 Å². The minimum atomic E-state index is -1.68. The SMILES string of the molecule is CC1CC([C@](C)(O)C2CC[C@H]3[C@@H]4CC=C5C[C@@H](O[C@@H]6O[C@H](CO[C@@H]7O[C@H](CO)[C@@H](O)[C@H](O)[C@H]7O)[C@@H](O)[C@H](O)[C@H]6O)C[C@H](O)[C@]5(C)[C@H]4CC[C@]23C)OC(=O)C1C. The fourth-order valence-electron chi connectivity index (χ4n) is 12.2. The molecule has 0 amide bonds. The normalized spacial score (nSPS) is 54.0. The lowest BCUT2D eigenvalue weighted by molar-refractivity contribution is -0.337. The van der Waals surface area contributed by atoms with Crippen molar-refractivity contribution in [1.29, 1.82) is 0 Å². The van der Waals surface area contributed by atoms with Gasteiger partial charge in [-0.25, -0.2) is 0 Å². The van der Waals surface area contributed by atoms with Gasteiger partial charge in [0.1, 0.15) is 60.5 Å². The van der Waals surface area contributed by atoms with Crippen LogP contribution in [-0.2, 0) is 28.5 Å². The van der Waals surface area contributed by atoms with Gasteiger partial charge in [-0.05, 0) is 86.9 Å². The first-order valence-electron chi connectivity index (χ1n) is 20.4. The van der Waals surface area contributed by atoms with Gasteiger partial charge in [0.25, 0.3) is 0 Å². The topological polar surface area (TPSA) is 245 Å². The quantitative estimate of drug-likeness (QED) is 0.115. The van der Waals surface area contributed by atoms with Crippen molar-refractivity contribution in [3.8, 4) is 0 Å². The van der Waals surface area contributed by atoms with Gasteiger partial charge in [0.15, 0.2) is 12.6 Å². The van der Waals surface area contributed by atoms with Crippen LogP contribution in [0.25, 0.3) is 0 Å². The average molecular weight is 785 g/mol. The Labute approximate surface area is 322 Å². The number of aliphatic hydroxyl groups is 9. The van der Waals surface area contributed by atoms with Gasteiger partial charge in [-0.15, -0.1) is 0 Å². The standard InChI is InChI=1S/C40H64O15/c1-17-12-28(55-35(49)18(17)2)40(5,50)26-9-8-22-21-7-6-19-13-20(14-27(42)39(19,4)23(21)10-11-38(22,26)3)52-37-34(48)32(46)30(44)25(54-37)16-51-36-33(47)31(45)29(43)24(15-41)53-36/h6,17-18,20-34,36-37,41-48,50H,7-16H2,1-5H3/t17?,18?,20-,21+,22+,23+,24-,25-,26?,27+,28?,29-,30-,31+,32+,33-,34-,36-,37-,38+,39+,40-/m1/s1. The molecule has 3 saturated heterocycles. The molecule has 0 spiro atoms. The van der Waals surface area contributed by atoms with E-state index in [1.165, 1.54) is 0 Å². The van der Waals surface area contributed by atoms with Gasteiger partial charge in [0, 0.05) is 11.8 Å². The van der Waals surface area contributed by atoms with Crippen LogP contribution in [0.1, 0.15) is 86.0 Å². The summed E-state index contributed by atoms with van der Waals surface area (Å²) in [6.07, 6.45) is -9.11. The Bertz CT molecular complexity index is 1420. The first-order valence-corrected chi connectivity index (χ1v) is 20.4. The van der Waals surface area contributed by atoms with Crippen LogP contribution in [0.5, 0.6) is 0 Å². The highest BCUT2D eigenvalue weighted by molar-refractivity contribution is 5.73. The number of aliphatic hydroxyl groups excluding tert-OH is 8. The minimum absolute atomic E-state index is 0.0289. The van der Waals surface area contributed by atoms with Crippen LogP contribution in [0.4, 0.5) is 0 Å². The number of allylic oxidation sites excluding steroid dienone is 1. The summed E-state index contributed by atoms with van der Waals surface area (Å²) in [4.78, 5) is 12.7. The maximum absolute atomic E-state index is 12.7. The molecule has 9 N–H and O–H groups in total. The summed E-state index contributed by atoms with van der Waals surface area (Å²) in [5, 5.41) is 96.5. The van der Waals surface area contributed by atoms with E-state index in [0.717, 1.165) is 37.7 Å². The van der Waals surface area contributed by atoms with Crippen LogP contribution >= 0.6 is 0 Å². The Kier molecular flexibility index (Phi) is 11.7. The van der Waals surface area contributed by atoms with Gasteiger partial charge >= 0.3 is 5.97 Å². The van der Waals surface area contributed by atoms with Crippen molar-refractivity contribution in [3.63, 3.8) is 0 Å². The van der Waals surface area contributed by atoms with E-state index in [1.807, 2.05) is 13.8 Å². The Morgan fingerprint density at radius 2 is 1.51 bits per heavy atom. The predicted molar refractivity (Wildman–Crippen MR) is 191 cm³/mol. The maximum atomic E-state index is 12.7. The highest BCUT2D eigenvalue weighted by Crippen LogP contribution is 2.68. The van der Waals surface area contributed by atoms with Crippen LogP contribution in [0.3, 0.4) is 0 Å². The fourth-order valence-corrected chi connectivity index (χ4v) is 12.2. The van der Waals surface area contributed by atoms with E-state index in [4.69, 9.17) is 23.7 Å². The molecule has 15 nitrogen and oxygen atoms in total. The number of cyclic esters (lactones) is 1. The van der Waals surface area contributed by atoms with E-state index in [-0.39, 0.29) is 41.5 Å². The van der Waals surface area contributed by atoms with Gasteiger partial charge in [-0.3, -0.25) is 4.79 Å². The van der Waals surface area contributed by atoms with Crippen molar-refractivity contribution >= 4 is 5.97 Å². The molecule has 6 fully saturated rings. The zero-order valence-corrected chi connectivity index (χ0v) is 32.6. The van der Waals surface area contributed by atoms with Gasteiger partial charge in [0.2, 0.25) is 0 Å². The molecule has 3 saturated carbocycles. The van der Waals surface area contributed by atoms with Gasteiger partial charge in [0.05, 0.1) is 31.3 Å². The summed E-state index contributed by atoms with van der Waals surface area (Å²) in [7, 11) is 0. The van der Waals surface area contributed by atoms with Gasteiger partial charge < -0.3 is 69.6 Å². The molecular formula is C40H64O15. The summed E-state index contributed by atoms with van der Waals surface area (Å²) in [6.45, 7) is 9.14. The van der Waals surface area contributed by atoms with Crippen LogP contribution < -0.4 is 0 Å². The number of ether oxygens (including phenoxy) is 5. The minimum Gasteiger partial charge on any atom is -0.459 e. The number of rotatable bonds is 8. The summed E-state index contributed by atoms with van der Waals surface area (Å²) in [6, 6.07) is 0. The largest absolute Gasteiger partial charge is 0.459 e. The lowest BCUT2D eigenvalue weighted by Crippen LogP contribution is -2.62. The third-order valence-corrected chi connectivity index (χ3v) is 15.9. The van der Waals surface area contributed by atoms with Crippen LogP contribution in [-0.4, -0.2) is 150 Å². The molecule has 314 valence electrons. The third kappa shape index (κ3) is 6.94. The monoisotopic (exact) mass is 784 g/mol. The van der Waals surface area contributed by atoms with Crippen molar-refractivity contribution in [3.05, 3.63) is 11.6 Å². The lowest BCUT2D eigenvalue weighted by atomic mass is 9.46. The lowest BCUT2D eigenvalue weighted by Gasteiger charge is -2.60. The summed E-state index contributed by atoms with van der Waals surface area (Å²) < 4.78 is 29.0. The molecule has 0 aromatic carbocycles. The van der Waals surface area contributed by atoms with Crippen molar-refractivity contribution in [1.82, 2.24) is 0 Å². The van der Waals surface area contributed by atoms with E-state index in [9.17, 15) is 50.8 Å². The fraction of sp³-hybridized carbons (Fsp3) is 0.925. The molecule has 15 heteroatoms. The van der Waals surface area contributed by atoms with Crippen molar-refractivity contribution in [2.24, 2.45) is 46.3 Å². The molecule has 3 heterocycles. The van der Waals surface area contributed by atoms with Crippen molar-refractivity contribution < 1.29 is 74.4 Å². The second-order valence-electron chi connectivity index (χ2n) is 18.7. The Hall–Kier alpha value is -1.31. The van der Waals surface area contributed by atoms with Crippen LogP contribution in [0.2, 0.25) is 0 Å². The molecule has 4 unspecified atom stereocenters. The molecule has 0 aromatic heterocycles. The van der Waals surface area contributed by atoms with E-state index in [1.54, 1.807) is 0 Å². The molecule has 7 aliphatic rings. The third-order valence-electron chi connectivity index (χ3n) is 15.9. The number of esters is 1. The molecule has 55 heavy (non-hydrogen) atoms. The zero-order chi connectivity index (χ0) is 39.9. The number of carbonyl (C=O) groups excluding carboxylic acids is 1. The number of hydrogen-bond acceptors (Lipinski definition) is 15. The average Bonchev–Trinajstić information content (AvgIpc) is 3.51. The Morgan fingerprint density at radius 1 is 0.855 bits per heavy atom. The Balaban J connectivity index is 1.01. The Morgan fingerprint density at radius 3 is 2.18 bits per heavy atom. The second-order valence-corrected chi connectivity index (χ2v) is 18.7. The summed E-state index contributed by atoms with van der Waals surface area (Å²) in [5.41, 5.74) is -0.749. The smallest absolute Gasteiger partial charge is 0.309 e. The molecule has 0 aromatic rings. The van der Waals surface area contributed by atoms with Crippen molar-refractivity contribution in [2.75, 3.05) is 13.2 Å². The van der Waals surface area contributed by atoms with E-state index in [2.05, 4.69) is 26.8 Å². The molecular weight excluding hydrogens is 720 g/mol. The predicted octanol–water partition coefficient (Wildman–Crippen LogP) is -0.116. The van der Waals surface area contributed by atoms with Crippen molar-refractivity contribution in [2.45, 2.75) is 171 Å². The first-order chi connectivity index (χ1) is 25.8. The number of hydrogen-bond donors (Lipinski definition) is 9. The zero-order valence-electron chi connectivity index (χ0n) is 32.6. The second kappa shape index (κ2) is 15.4. The number of carbonyl (C=O) groups is 1. The summed E-state index contributed by atoms with van der Waals surface area (Å²) in [5.74, 6) is 0.515. The van der Waals surface area contributed by atoms with E-state index >= 15 is 0 Å². The maximum Gasteiger partial charge on any atom is 0.309 e. The number of fused-ring (bicyclic) bond motifs is 5. The van der Waals surface area contributed by atoms with Crippen LogP contribution in [0, 0.1) is 46.3 Å². The van der Waals surface area contributed by atoms with Crippen LogP contribution in [0.15, 0.2) is 11.6 Å². The van der Waals surface area contributed by atoms with Gasteiger partial charge in [-0.1, -0.05) is 39.3 Å². The van der Waals surface area contributed by atoms with E-state index < -0.39 is 104 Å². The molecule has 4 aliphatic carbocycles. The first kappa shape index (κ1) is 41.8. The molecule has 7 rings (SSSR count). The van der Waals surface area contributed by atoms with Gasteiger partial charge in [-0.2, -0.15) is 0 Å². The summed E-state index contributed by atoms with van der Waals surface area (Å²) >= 11 is 0. The molecule has 0 bridgehead atoms.